The summed E-state index contributed by atoms with van der Waals surface area (Å²) in [5, 5.41) is 0. The van der Waals surface area contributed by atoms with E-state index in [0.717, 1.165) is 19.9 Å². The van der Waals surface area contributed by atoms with Crippen LogP contribution in [0.5, 0.6) is 0 Å². The molecule has 0 fully saturated rings. The summed E-state index contributed by atoms with van der Waals surface area (Å²) in [5.74, 6) is 0.0346. The number of anilines is 1. The van der Waals surface area contributed by atoms with Crippen molar-refractivity contribution in [2.24, 2.45) is 0 Å². The fraction of sp³-hybridized carbons (Fsp3) is 0.133. The Balaban J connectivity index is 2.08. The van der Waals surface area contributed by atoms with Crippen molar-refractivity contribution >= 4 is 44.8 Å². The SMILES string of the molecule is CN(C)c1ccc(C=CC(=O)c2ccc(Br)s2)cc1. The summed E-state index contributed by atoms with van der Waals surface area (Å²) in [6.45, 7) is 0. The van der Waals surface area contributed by atoms with E-state index in [9.17, 15) is 4.79 Å². The number of hydrogen-bond acceptors (Lipinski definition) is 3. The third kappa shape index (κ3) is 3.78. The summed E-state index contributed by atoms with van der Waals surface area (Å²) >= 11 is 4.80. The van der Waals surface area contributed by atoms with Gasteiger partial charge in [-0.25, -0.2) is 0 Å². The Hall–Kier alpha value is -1.39. The fourth-order valence-electron chi connectivity index (χ4n) is 1.58. The molecule has 1 aromatic carbocycles. The molecule has 0 N–H and O–H groups in total. The molecule has 2 nitrogen and oxygen atoms in total. The van der Waals surface area contributed by atoms with Gasteiger partial charge in [-0.15, -0.1) is 11.3 Å². The van der Waals surface area contributed by atoms with Crippen molar-refractivity contribution in [3.63, 3.8) is 0 Å². The van der Waals surface area contributed by atoms with Crippen LogP contribution >= 0.6 is 27.3 Å². The quantitative estimate of drug-likeness (QED) is 0.606. The number of hydrogen-bond donors (Lipinski definition) is 0. The first-order valence-corrected chi connectivity index (χ1v) is 7.42. The number of allylic oxidation sites excluding steroid dienone is 1. The van der Waals surface area contributed by atoms with E-state index >= 15 is 0 Å². The van der Waals surface area contributed by atoms with Gasteiger partial charge in [0.25, 0.3) is 0 Å². The van der Waals surface area contributed by atoms with Crippen LogP contribution in [-0.4, -0.2) is 19.9 Å². The lowest BCUT2D eigenvalue weighted by molar-refractivity contribution is 0.105. The molecule has 0 saturated heterocycles. The van der Waals surface area contributed by atoms with Gasteiger partial charge in [0.1, 0.15) is 0 Å². The Morgan fingerprint density at radius 3 is 2.37 bits per heavy atom. The van der Waals surface area contributed by atoms with E-state index in [-0.39, 0.29) is 5.78 Å². The highest BCUT2D eigenvalue weighted by Crippen LogP contribution is 2.23. The second-order valence-corrected chi connectivity index (χ2v) is 6.75. The molecule has 2 aromatic rings. The minimum absolute atomic E-state index is 0.0346. The lowest BCUT2D eigenvalue weighted by Crippen LogP contribution is -2.07. The molecule has 4 heteroatoms. The molecule has 0 spiro atoms. The second-order valence-electron chi connectivity index (χ2n) is 4.29. The molecule has 19 heavy (non-hydrogen) atoms. The molecule has 0 aliphatic carbocycles. The zero-order valence-electron chi connectivity index (χ0n) is 10.8. The maximum Gasteiger partial charge on any atom is 0.195 e. The lowest BCUT2D eigenvalue weighted by Gasteiger charge is -2.11. The normalized spacial score (nSPS) is 10.9. The van der Waals surface area contributed by atoms with Crippen molar-refractivity contribution < 1.29 is 4.79 Å². The fourth-order valence-corrected chi connectivity index (χ4v) is 2.89. The van der Waals surface area contributed by atoms with Gasteiger partial charge in [0, 0.05) is 19.8 Å². The zero-order chi connectivity index (χ0) is 13.8. The second kappa shape index (κ2) is 6.17. The number of ketones is 1. The van der Waals surface area contributed by atoms with Gasteiger partial charge < -0.3 is 4.90 Å². The number of thiophene rings is 1. The zero-order valence-corrected chi connectivity index (χ0v) is 13.2. The van der Waals surface area contributed by atoms with E-state index in [0.29, 0.717) is 0 Å². The molecular weight excluding hydrogens is 322 g/mol. The smallest absolute Gasteiger partial charge is 0.195 e. The van der Waals surface area contributed by atoms with Crippen LogP contribution in [-0.2, 0) is 0 Å². The number of nitrogens with zero attached hydrogens (tertiary/aromatic N) is 1. The third-order valence-corrected chi connectivity index (χ3v) is 4.29. The predicted octanol–water partition coefficient (Wildman–Crippen LogP) is 4.47. The molecule has 2 rings (SSSR count). The average Bonchev–Trinajstić information content (AvgIpc) is 2.83. The molecule has 0 bridgehead atoms. The largest absolute Gasteiger partial charge is 0.378 e. The Labute approximate surface area is 125 Å². The molecular formula is C15H14BrNOS. The highest BCUT2D eigenvalue weighted by atomic mass is 79.9. The van der Waals surface area contributed by atoms with Crippen molar-refractivity contribution in [3.05, 3.63) is 56.7 Å². The van der Waals surface area contributed by atoms with Gasteiger partial charge >= 0.3 is 0 Å². The van der Waals surface area contributed by atoms with Crippen LogP contribution < -0.4 is 4.90 Å². The highest BCUT2D eigenvalue weighted by molar-refractivity contribution is 9.11. The molecule has 0 aliphatic heterocycles. The topological polar surface area (TPSA) is 20.3 Å². The Kier molecular flexibility index (Phi) is 4.56. The molecule has 0 amide bonds. The van der Waals surface area contributed by atoms with E-state index in [4.69, 9.17) is 0 Å². The summed E-state index contributed by atoms with van der Waals surface area (Å²) in [5.41, 5.74) is 2.17. The standard InChI is InChI=1S/C15H14BrNOS/c1-17(2)12-6-3-11(4-7-12)5-8-13(18)14-9-10-15(16)19-14/h3-10H,1-2H3. The summed E-state index contributed by atoms with van der Waals surface area (Å²) < 4.78 is 0.972. The minimum Gasteiger partial charge on any atom is -0.378 e. The molecule has 0 atom stereocenters. The van der Waals surface area contributed by atoms with Crippen molar-refractivity contribution in [1.29, 1.82) is 0 Å². The molecule has 0 saturated carbocycles. The van der Waals surface area contributed by atoms with Gasteiger partial charge in [-0.3, -0.25) is 4.79 Å². The summed E-state index contributed by atoms with van der Waals surface area (Å²) in [4.78, 5) is 14.7. The number of carbonyl (C=O) groups is 1. The van der Waals surface area contributed by atoms with E-state index in [1.54, 1.807) is 6.08 Å². The van der Waals surface area contributed by atoms with Crippen LogP contribution in [0, 0.1) is 0 Å². The minimum atomic E-state index is 0.0346. The van der Waals surface area contributed by atoms with Gasteiger partial charge in [0.05, 0.1) is 8.66 Å². The Morgan fingerprint density at radius 1 is 1.16 bits per heavy atom. The summed E-state index contributed by atoms with van der Waals surface area (Å²) in [6.07, 6.45) is 3.46. The van der Waals surface area contributed by atoms with Crippen LogP contribution in [0.15, 0.2) is 46.3 Å². The third-order valence-electron chi connectivity index (χ3n) is 2.65. The predicted molar refractivity (Wildman–Crippen MR) is 86.2 cm³/mol. The number of carbonyl (C=O) groups excluding carboxylic acids is 1. The maximum atomic E-state index is 11.9. The van der Waals surface area contributed by atoms with Crippen LogP contribution in [0.25, 0.3) is 6.08 Å². The van der Waals surface area contributed by atoms with Gasteiger partial charge in [-0.05, 0) is 51.8 Å². The van der Waals surface area contributed by atoms with Crippen molar-refractivity contribution in [2.75, 3.05) is 19.0 Å². The van der Waals surface area contributed by atoms with Crippen LogP contribution in [0.3, 0.4) is 0 Å². The number of rotatable bonds is 4. The number of benzene rings is 1. The molecule has 0 radical (unpaired) electrons. The maximum absolute atomic E-state index is 11.9. The van der Waals surface area contributed by atoms with Crippen molar-refractivity contribution in [2.45, 2.75) is 0 Å². The first-order valence-electron chi connectivity index (χ1n) is 5.81. The van der Waals surface area contributed by atoms with E-state index in [1.165, 1.54) is 11.3 Å². The molecule has 1 heterocycles. The first kappa shape index (κ1) is 14.0. The average molecular weight is 336 g/mol. The molecule has 1 aromatic heterocycles. The monoisotopic (exact) mass is 335 g/mol. The van der Waals surface area contributed by atoms with E-state index in [1.807, 2.05) is 61.5 Å². The van der Waals surface area contributed by atoms with E-state index < -0.39 is 0 Å². The first-order chi connectivity index (χ1) is 9.06. The number of halogens is 1. The summed E-state index contributed by atoms with van der Waals surface area (Å²) in [7, 11) is 4.01. The molecule has 0 unspecified atom stereocenters. The van der Waals surface area contributed by atoms with Crippen LogP contribution in [0.2, 0.25) is 0 Å². The van der Waals surface area contributed by atoms with E-state index in [2.05, 4.69) is 15.9 Å². The Morgan fingerprint density at radius 2 is 1.84 bits per heavy atom. The van der Waals surface area contributed by atoms with Gasteiger partial charge in [0.15, 0.2) is 5.78 Å². The Bertz CT molecular complexity index is 599. The lowest BCUT2D eigenvalue weighted by atomic mass is 10.1. The van der Waals surface area contributed by atoms with Gasteiger partial charge in [-0.1, -0.05) is 18.2 Å². The van der Waals surface area contributed by atoms with Gasteiger partial charge in [0.2, 0.25) is 0 Å². The van der Waals surface area contributed by atoms with Gasteiger partial charge in [-0.2, -0.15) is 0 Å². The highest BCUT2D eigenvalue weighted by Gasteiger charge is 2.04. The molecule has 0 aliphatic rings. The van der Waals surface area contributed by atoms with Crippen LogP contribution in [0.1, 0.15) is 15.2 Å². The van der Waals surface area contributed by atoms with Crippen LogP contribution in [0.4, 0.5) is 5.69 Å². The van der Waals surface area contributed by atoms with Crippen molar-refractivity contribution in [1.82, 2.24) is 0 Å². The summed E-state index contributed by atoms with van der Waals surface area (Å²) in [6, 6.07) is 11.8. The van der Waals surface area contributed by atoms with Crippen molar-refractivity contribution in [3.8, 4) is 0 Å². The molecule has 98 valence electrons.